The quantitative estimate of drug-likeness (QED) is 0.571. The molecular weight excluding hydrogens is 241 g/mol. The molecular formula is CH2Cl5Cr. The Morgan fingerprint density at radius 2 is 1.00 bits per heavy atom. The van der Waals surface area contributed by atoms with E-state index in [1.165, 1.54) is 0 Å². The molecule has 0 N–H and O–H groups in total. The van der Waals surface area contributed by atoms with Crippen LogP contribution in [0.1, 0.15) is 0 Å². The summed E-state index contributed by atoms with van der Waals surface area (Å²) >= 11 is 7.90. The van der Waals surface area contributed by atoms with E-state index in [0.717, 1.165) is 0 Å². The molecule has 0 spiro atoms. The molecule has 0 rings (SSSR count). The van der Waals surface area contributed by atoms with E-state index in [2.05, 4.69) is 0 Å². The van der Waals surface area contributed by atoms with Gasteiger partial charge in [0, 0.05) is 0 Å². The molecule has 0 aliphatic heterocycles. The van der Waals surface area contributed by atoms with Crippen molar-refractivity contribution in [1.29, 1.82) is 0 Å². The van der Waals surface area contributed by atoms with Gasteiger partial charge in [-0.2, -0.15) is 0 Å². The number of halogens is 5. The van der Waals surface area contributed by atoms with E-state index in [0.29, 0.717) is 0 Å². The summed E-state index contributed by atoms with van der Waals surface area (Å²) in [6, 6.07) is 0. The van der Waals surface area contributed by atoms with Crippen LogP contribution < -0.4 is 0 Å². The maximum absolute atomic E-state index is 4.93. The summed E-state index contributed by atoms with van der Waals surface area (Å²) in [6.07, 6.45) is 0. The third-order valence-corrected chi connectivity index (χ3v) is 0. The Balaban J connectivity index is 0. The van der Waals surface area contributed by atoms with Crippen LogP contribution in [-0.2, 0) is 11.4 Å². The second kappa shape index (κ2) is 10.9. The van der Waals surface area contributed by atoms with Crippen molar-refractivity contribution < 1.29 is 11.4 Å². The molecule has 0 saturated heterocycles. The summed E-state index contributed by atoms with van der Waals surface area (Å²) in [6.45, 7) is 0. The fourth-order valence-electron chi connectivity index (χ4n) is 0. The SMILES string of the molecule is ClCCl.[Cl][Cr]([Cl])[Cl]. The van der Waals surface area contributed by atoms with E-state index in [1.54, 1.807) is 0 Å². The average molecular weight is 243 g/mol. The monoisotopic (exact) mass is 241 g/mol. The van der Waals surface area contributed by atoms with Crippen LogP contribution in [0, 0.1) is 0 Å². The van der Waals surface area contributed by atoms with Crippen molar-refractivity contribution >= 4 is 53.3 Å². The van der Waals surface area contributed by atoms with Crippen LogP contribution in [0.15, 0.2) is 0 Å². The van der Waals surface area contributed by atoms with E-state index in [1.807, 2.05) is 0 Å². The second-order valence-corrected chi connectivity index (χ2v) is 7.40. The Morgan fingerprint density at radius 3 is 1.00 bits per heavy atom. The molecule has 6 heteroatoms. The van der Waals surface area contributed by atoms with E-state index in [-0.39, 0.29) is 5.34 Å². The van der Waals surface area contributed by atoms with Crippen molar-refractivity contribution in [2.24, 2.45) is 0 Å². The number of hydrogen-bond acceptors (Lipinski definition) is 0. The van der Waals surface area contributed by atoms with Gasteiger partial charge in [-0.3, -0.25) is 0 Å². The third kappa shape index (κ3) is 72.7. The van der Waals surface area contributed by atoms with Gasteiger partial charge in [0.1, 0.15) is 0 Å². The van der Waals surface area contributed by atoms with Gasteiger partial charge in [-0.25, -0.2) is 0 Å². The van der Waals surface area contributed by atoms with Gasteiger partial charge in [0.25, 0.3) is 0 Å². The molecule has 0 aromatic rings. The first-order valence-electron chi connectivity index (χ1n) is 0.997. The van der Waals surface area contributed by atoms with Gasteiger partial charge in [0.2, 0.25) is 0 Å². The molecule has 47 valence electrons. The van der Waals surface area contributed by atoms with Crippen LogP contribution in [0.5, 0.6) is 0 Å². The van der Waals surface area contributed by atoms with Crippen molar-refractivity contribution in [3.05, 3.63) is 0 Å². The van der Waals surface area contributed by atoms with E-state index in [9.17, 15) is 0 Å². The fourth-order valence-corrected chi connectivity index (χ4v) is 0. The van der Waals surface area contributed by atoms with Crippen LogP contribution in [0.3, 0.4) is 0 Å². The minimum absolute atomic E-state index is 0.194. The van der Waals surface area contributed by atoms with Crippen LogP contribution >= 0.6 is 53.3 Å². The molecule has 0 aromatic carbocycles. The Bertz CT molecular complexity index is 19.3. The van der Waals surface area contributed by atoms with Crippen molar-refractivity contribution in [1.82, 2.24) is 0 Å². The van der Waals surface area contributed by atoms with Crippen molar-refractivity contribution in [3.8, 4) is 0 Å². The van der Waals surface area contributed by atoms with Crippen molar-refractivity contribution in [2.45, 2.75) is 0 Å². The maximum atomic E-state index is 4.93. The third-order valence-electron chi connectivity index (χ3n) is 0. The first-order valence-corrected chi connectivity index (χ1v) is 7.33. The molecule has 0 fully saturated rings. The van der Waals surface area contributed by atoms with E-state index < -0.39 is 11.4 Å². The van der Waals surface area contributed by atoms with Crippen LogP contribution in [0.2, 0.25) is 0 Å². The Morgan fingerprint density at radius 1 is 1.00 bits per heavy atom. The molecule has 0 amide bonds. The summed E-state index contributed by atoms with van der Waals surface area (Å²) in [5.74, 6) is 0. The van der Waals surface area contributed by atoms with Gasteiger partial charge < -0.3 is 0 Å². The molecule has 0 saturated carbocycles. The van der Waals surface area contributed by atoms with Gasteiger partial charge in [0.15, 0.2) is 0 Å². The Hall–Kier alpha value is 1.98. The van der Waals surface area contributed by atoms with Crippen LogP contribution in [-0.4, -0.2) is 5.34 Å². The van der Waals surface area contributed by atoms with Crippen LogP contribution in [0.4, 0.5) is 0 Å². The Kier molecular flexibility index (Phi) is 18.2. The molecule has 0 aliphatic carbocycles. The molecule has 0 aliphatic rings. The summed E-state index contributed by atoms with van der Waals surface area (Å²) in [7, 11) is 14.8. The fraction of sp³-hybridized carbons (Fsp3) is 1.00. The van der Waals surface area contributed by atoms with Gasteiger partial charge in [-0.1, -0.05) is 0 Å². The molecule has 0 radical (unpaired) electrons. The average Bonchev–Trinajstić information content (AvgIpc) is 1.33. The number of alkyl halides is 2. The predicted octanol–water partition coefficient (Wildman–Crippen LogP) is 3.49. The van der Waals surface area contributed by atoms with Gasteiger partial charge in [0.05, 0.1) is 5.34 Å². The molecule has 0 bridgehead atoms. The standard InChI is InChI=1S/CH2Cl2.3ClH.Cr/c2-1-3;;;;/h1H2;3*1H;/q;;;;+3/p-3. The van der Waals surface area contributed by atoms with Crippen molar-refractivity contribution in [2.75, 3.05) is 5.34 Å². The zero-order valence-corrected chi connectivity index (χ0v) is 8.06. The zero-order valence-electron chi connectivity index (χ0n) is 3.01. The van der Waals surface area contributed by atoms with Crippen LogP contribution in [0.25, 0.3) is 0 Å². The minimum atomic E-state index is -1.62. The van der Waals surface area contributed by atoms with Gasteiger partial charge >= 0.3 is 41.5 Å². The first-order chi connectivity index (χ1) is 3.15. The zero-order chi connectivity index (χ0) is 6.28. The topological polar surface area (TPSA) is 0 Å². The summed E-state index contributed by atoms with van der Waals surface area (Å²) in [4.78, 5) is 0. The number of hydrogen-bond donors (Lipinski definition) is 0. The molecule has 0 atom stereocenters. The Labute approximate surface area is 69.6 Å². The predicted molar refractivity (Wildman–Crippen MR) is 34.1 cm³/mol. The first kappa shape index (κ1) is 11.7. The second-order valence-electron chi connectivity index (χ2n) is 0.276. The molecule has 0 heterocycles. The molecule has 7 heavy (non-hydrogen) atoms. The molecule has 0 unspecified atom stereocenters. The molecule has 0 nitrogen and oxygen atoms in total. The summed E-state index contributed by atoms with van der Waals surface area (Å²) < 4.78 is 0. The van der Waals surface area contributed by atoms with Gasteiger partial charge in [-0.15, -0.1) is 23.2 Å². The summed E-state index contributed by atoms with van der Waals surface area (Å²) in [5, 5.41) is 0.194. The van der Waals surface area contributed by atoms with Gasteiger partial charge in [-0.05, 0) is 0 Å². The van der Waals surface area contributed by atoms with Crippen molar-refractivity contribution in [3.63, 3.8) is 0 Å². The number of rotatable bonds is 0. The normalized spacial score (nSPS) is 7.71. The van der Waals surface area contributed by atoms with E-state index >= 15 is 0 Å². The van der Waals surface area contributed by atoms with E-state index in [4.69, 9.17) is 53.3 Å². The summed E-state index contributed by atoms with van der Waals surface area (Å²) in [5.41, 5.74) is 0. The molecule has 0 aromatic heterocycles.